The van der Waals surface area contributed by atoms with Gasteiger partial charge in [-0.2, -0.15) is 0 Å². The maximum absolute atomic E-state index is 3.32. The molecule has 2 rings (SSSR count). The summed E-state index contributed by atoms with van der Waals surface area (Å²) in [5, 5.41) is 3.32. The Bertz CT molecular complexity index is 295. The maximum Gasteiger partial charge on any atom is 0.0367 e. The molecule has 0 radical (unpaired) electrons. The van der Waals surface area contributed by atoms with Gasteiger partial charge in [-0.3, -0.25) is 0 Å². The minimum absolute atomic E-state index is 0. The van der Waals surface area contributed by atoms with E-state index in [0.29, 0.717) is 0 Å². The van der Waals surface area contributed by atoms with Crippen LogP contribution >= 0.6 is 24.8 Å². The second-order valence-electron chi connectivity index (χ2n) is 4.12. The lowest BCUT2D eigenvalue weighted by Gasteiger charge is -2.28. The Labute approximate surface area is 117 Å². The summed E-state index contributed by atoms with van der Waals surface area (Å²) >= 11 is 0. The highest BCUT2D eigenvalue weighted by Crippen LogP contribution is 2.21. The van der Waals surface area contributed by atoms with Crippen LogP contribution in [0.1, 0.15) is 26.2 Å². The number of halogens is 2. The molecule has 1 N–H and O–H groups in total. The van der Waals surface area contributed by atoms with Gasteiger partial charge in [0.05, 0.1) is 0 Å². The van der Waals surface area contributed by atoms with E-state index in [-0.39, 0.29) is 24.8 Å². The van der Waals surface area contributed by atoms with E-state index < -0.39 is 0 Å². The third kappa shape index (κ3) is 4.64. The Hall–Kier alpha value is -0.600. The lowest BCUT2D eigenvalue weighted by Crippen LogP contribution is -2.29. The Morgan fingerprint density at radius 1 is 1.00 bits per heavy atom. The summed E-state index contributed by atoms with van der Waals surface area (Å²) in [4.78, 5) is 2.49. The normalized spacial score (nSPS) is 14.5. The average molecular weight is 277 g/mol. The largest absolute Gasteiger partial charge is 0.385 e. The number of hydrogen-bond acceptors (Lipinski definition) is 2. The fraction of sp³-hybridized carbons (Fsp3) is 0.538. The molecular formula is C13H22Cl2N2. The highest BCUT2D eigenvalue weighted by Gasteiger charge is 2.09. The number of anilines is 2. The maximum atomic E-state index is 3.32. The number of piperidine rings is 1. The van der Waals surface area contributed by atoms with Crippen molar-refractivity contribution in [1.82, 2.24) is 0 Å². The standard InChI is InChI=1S/C13H20N2.2ClH/c1-2-14-12-6-8-13(9-7-12)15-10-4-3-5-11-15;;/h6-9,14H,2-5,10-11H2,1H3;2*1H. The average Bonchev–Trinajstić information content (AvgIpc) is 2.32. The molecule has 0 aliphatic carbocycles. The lowest BCUT2D eigenvalue weighted by atomic mass is 10.1. The minimum atomic E-state index is 0. The predicted molar refractivity (Wildman–Crippen MR) is 81.2 cm³/mol. The Morgan fingerprint density at radius 3 is 2.12 bits per heavy atom. The molecule has 0 atom stereocenters. The van der Waals surface area contributed by atoms with E-state index in [0.717, 1.165) is 6.54 Å². The number of benzene rings is 1. The lowest BCUT2D eigenvalue weighted by molar-refractivity contribution is 0.578. The predicted octanol–water partition coefficient (Wildman–Crippen LogP) is 3.95. The zero-order chi connectivity index (χ0) is 10.5. The molecule has 1 saturated heterocycles. The number of nitrogens with one attached hydrogen (secondary N) is 1. The van der Waals surface area contributed by atoms with Gasteiger partial charge >= 0.3 is 0 Å². The van der Waals surface area contributed by atoms with Crippen LogP contribution in [0.25, 0.3) is 0 Å². The second kappa shape index (κ2) is 8.48. The fourth-order valence-electron chi connectivity index (χ4n) is 2.15. The molecule has 1 aromatic rings. The summed E-state index contributed by atoms with van der Waals surface area (Å²) in [6.45, 7) is 5.56. The molecule has 0 amide bonds. The molecule has 1 aliphatic rings. The van der Waals surface area contributed by atoms with Gasteiger partial charge in [-0.1, -0.05) is 0 Å². The van der Waals surface area contributed by atoms with Crippen LogP contribution in [0, 0.1) is 0 Å². The molecule has 2 nitrogen and oxygen atoms in total. The van der Waals surface area contributed by atoms with Gasteiger partial charge in [0, 0.05) is 31.0 Å². The molecule has 4 heteroatoms. The minimum Gasteiger partial charge on any atom is -0.385 e. The van der Waals surface area contributed by atoms with Crippen LogP contribution in [0.15, 0.2) is 24.3 Å². The monoisotopic (exact) mass is 276 g/mol. The summed E-state index contributed by atoms with van der Waals surface area (Å²) in [7, 11) is 0. The van der Waals surface area contributed by atoms with E-state index >= 15 is 0 Å². The zero-order valence-electron chi connectivity index (χ0n) is 10.3. The SMILES string of the molecule is CCNc1ccc(N2CCCCC2)cc1.Cl.Cl. The molecule has 1 fully saturated rings. The van der Waals surface area contributed by atoms with Crippen molar-refractivity contribution in [3.05, 3.63) is 24.3 Å². The van der Waals surface area contributed by atoms with Gasteiger partial charge in [0.25, 0.3) is 0 Å². The molecule has 0 aromatic heterocycles. The van der Waals surface area contributed by atoms with Crippen molar-refractivity contribution in [2.24, 2.45) is 0 Å². The van der Waals surface area contributed by atoms with Crippen LogP contribution in [-0.2, 0) is 0 Å². The van der Waals surface area contributed by atoms with Crippen LogP contribution in [0.4, 0.5) is 11.4 Å². The number of rotatable bonds is 3. The molecule has 1 aliphatic heterocycles. The quantitative estimate of drug-likeness (QED) is 0.899. The van der Waals surface area contributed by atoms with E-state index in [1.165, 1.54) is 43.7 Å². The van der Waals surface area contributed by atoms with Crippen molar-refractivity contribution in [1.29, 1.82) is 0 Å². The second-order valence-corrected chi connectivity index (χ2v) is 4.12. The van der Waals surface area contributed by atoms with E-state index in [1.54, 1.807) is 0 Å². The van der Waals surface area contributed by atoms with Crippen molar-refractivity contribution < 1.29 is 0 Å². The third-order valence-electron chi connectivity index (χ3n) is 2.97. The highest BCUT2D eigenvalue weighted by atomic mass is 35.5. The third-order valence-corrected chi connectivity index (χ3v) is 2.97. The molecule has 0 spiro atoms. The number of hydrogen-bond donors (Lipinski definition) is 1. The van der Waals surface area contributed by atoms with Crippen LogP contribution in [0.3, 0.4) is 0 Å². The van der Waals surface area contributed by atoms with Crippen LogP contribution in [-0.4, -0.2) is 19.6 Å². The van der Waals surface area contributed by atoms with E-state index in [4.69, 9.17) is 0 Å². The first-order valence-electron chi connectivity index (χ1n) is 5.99. The van der Waals surface area contributed by atoms with Gasteiger partial charge in [0.15, 0.2) is 0 Å². The molecule has 0 bridgehead atoms. The van der Waals surface area contributed by atoms with E-state index in [1.807, 2.05) is 0 Å². The van der Waals surface area contributed by atoms with Crippen molar-refractivity contribution in [2.45, 2.75) is 26.2 Å². The van der Waals surface area contributed by atoms with Crippen molar-refractivity contribution in [3.8, 4) is 0 Å². The van der Waals surface area contributed by atoms with Crippen LogP contribution < -0.4 is 10.2 Å². The Balaban J connectivity index is 0.00000128. The topological polar surface area (TPSA) is 15.3 Å². The Kier molecular flexibility index (Phi) is 8.19. The summed E-state index contributed by atoms with van der Waals surface area (Å²) in [5.74, 6) is 0. The van der Waals surface area contributed by atoms with Crippen molar-refractivity contribution in [3.63, 3.8) is 0 Å². The first-order valence-corrected chi connectivity index (χ1v) is 5.99. The summed E-state index contributed by atoms with van der Waals surface area (Å²) < 4.78 is 0. The summed E-state index contributed by atoms with van der Waals surface area (Å²) in [5.41, 5.74) is 2.59. The van der Waals surface area contributed by atoms with Gasteiger partial charge in [-0.05, 0) is 50.5 Å². The van der Waals surface area contributed by atoms with E-state index in [2.05, 4.69) is 41.4 Å². The van der Waals surface area contributed by atoms with Gasteiger partial charge in [-0.15, -0.1) is 24.8 Å². The molecule has 0 unspecified atom stereocenters. The highest BCUT2D eigenvalue weighted by molar-refractivity contribution is 5.85. The van der Waals surface area contributed by atoms with E-state index in [9.17, 15) is 0 Å². The molecule has 0 saturated carbocycles. The van der Waals surface area contributed by atoms with Gasteiger partial charge in [0.1, 0.15) is 0 Å². The van der Waals surface area contributed by atoms with Crippen LogP contribution in [0.2, 0.25) is 0 Å². The first-order chi connectivity index (χ1) is 7.40. The van der Waals surface area contributed by atoms with Gasteiger partial charge in [-0.25, -0.2) is 0 Å². The first kappa shape index (κ1) is 16.4. The zero-order valence-corrected chi connectivity index (χ0v) is 11.9. The molecule has 1 heterocycles. The van der Waals surface area contributed by atoms with Gasteiger partial charge < -0.3 is 10.2 Å². The molecule has 1 aromatic carbocycles. The van der Waals surface area contributed by atoms with Crippen molar-refractivity contribution >= 4 is 36.2 Å². The molecular weight excluding hydrogens is 255 g/mol. The van der Waals surface area contributed by atoms with Crippen molar-refractivity contribution in [2.75, 3.05) is 29.9 Å². The fourth-order valence-corrected chi connectivity index (χ4v) is 2.15. The summed E-state index contributed by atoms with van der Waals surface area (Å²) in [6.07, 6.45) is 4.08. The van der Waals surface area contributed by atoms with Crippen LogP contribution in [0.5, 0.6) is 0 Å². The molecule has 98 valence electrons. The smallest absolute Gasteiger partial charge is 0.0367 e. The summed E-state index contributed by atoms with van der Waals surface area (Å²) in [6, 6.07) is 8.80. The molecule has 17 heavy (non-hydrogen) atoms. The number of nitrogens with zero attached hydrogens (tertiary/aromatic N) is 1. The Morgan fingerprint density at radius 2 is 1.59 bits per heavy atom. The van der Waals surface area contributed by atoms with Gasteiger partial charge in [0.2, 0.25) is 0 Å².